The van der Waals surface area contributed by atoms with Crippen molar-refractivity contribution in [2.45, 2.75) is 23.8 Å². The summed E-state index contributed by atoms with van der Waals surface area (Å²) in [5, 5.41) is 20.2. The first-order chi connectivity index (χ1) is 9.71. The maximum atomic E-state index is 12.4. The molecule has 0 heterocycles. The van der Waals surface area contributed by atoms with Crippen LogP contribution in [0.15, 0.2) is 23.1 Å². The normalized spacial score (nSPS) is 22.0. The quantitative estimate of drug-likeness (QED) is 0.464. The maximum absolute atomic E-state index is 12.4. The molecule has 1 aliphatic carbocycles. The van der Waals surface area contributed by atoms with E-state index in [1.54, 1.807) is 0 Å². The molecular weight excluding hydrogens is 298 g/mol. The summed E-state index contributed by atoms with van der Waals surface area (Å²) in [5.74, 6) is 0.0765. The fourth-order valence-corrected chi connectivity index (χ4v) is 3.76. The van der Waals surface area contributed by atoms with Crippen LogP contribution < -0.4 is 5.73 Å². The molecule has 21 heavy (non-hydrogen) atoms. The lowest BCUT2D eigenvalue weighted by Crippen LogP contribution is -2.39. The molecule has 3 N–H and O–H groups in total. The summed E-state index contributed by atoms with van der Waals surface area (Å²) in [7, 11) is -2.59. The number of nitrogens with two attached hydrogens (primary N) is 1. The van der Waals surface area contributed by atoms with Crippen LogP contribution in [-0.2, 0) is 10.0 Å². The smallest absolute Gasteiger partial charge is 0.291 e. The van der Waals surface area contributed by atoms with Crippen LogP contribution in [0.3, 0.4) is 0 Å². The van der Waals surface area contributed by atoms with E-state index in [9.17, 15) is 23.6 Å². The molecule has 0 radical (unpaired) electrons. The van der Waals surface area contributed by atoms with Gasteiger partial charge in [0.2, 0.25) is 10.0 Å². The fraction of sp³-hybridized carbons (Fsp3) is 0.500. The molecule has 1 fully saturated rings. The second-order valence-electron chi connectivity index (χ2n) is 5.26. The zero-order chi connectivity index (χ0) is 15.8. The largest absolute Gasteiger partial charge is 0.399 e. The Hall–Kier alpha value is -1.71. The minimum Gasteiger partial charge on any atom is -0.399 e. The number of nitrogen functional groups attached to an aromatic ring is 1. The first kappa shape index (κ1) is 15.7. The van der Waals surface area contributed by atoms with E-state index < -0.39 is 20.6 Å². The Morgan fingerprint density at radius 2 is 2.10 bits per heavy atom. The van der Waals surface area contributed by atoms with Gasteiger partial charge in [-0.25, -0.2) is 12.7 Å². The molecule has 0 unspecified atom stereocenters. The number of benzene rings is 1. The number of rotatable bonds is 5. The van der Waals surface area contributed by atoms with E-state index >= 15 is 0 Å². The topological polar surface area (TPSA) is 127 Å². The van der Waals surface area contributed by atoms with Gasteiger partial charge in [0.05, 0.1) is 11.0 Å². The van der Waals surface area contributed by atoms with Crippen molar-refractivity contribution in [3.63, 3.8) is 0 Å². The van der Waals surface area contributed by atoms with Crippen LogP contribution >= 0.6 is 0 Å². The molecular formula is C12H17N3O5S. The lowest BCUT2D eigenvalue weighted by atomic mass is 9.82. The van der Waals surface area contributed by atoms with E-state index in [1.807, 2.05) is 0 Å². The van der Waals surface area contributed by atoms with Gasteiger partial charge in [-0.3, -0.25) is 10.1 Å². The third-order valence-electron chi connectivity index (χ3n) is 3.59. The van der Waals surface area contributed by atoms with Gasteiger partial charge in [-0.05, 0) is 30.9 Å². The summed E-state index contributed by atoms with van der Waals surface area (Å²) in [6.07, 6.45) is 0.713. The van der Waals surface area contributed by atoms with Gasteiger partial charge in [0.1, 0.15) is 0 Å². The minimum atomic E-state index is -3.97. The van der Waals surface area contributed by atoms with Gasteiger partial charge in [0, 0.05) is 25.3 Å². The zero-order valence-electron chi connectivity index (χ0n) is 11.5. The monoisotopic (exact) mass is 315 g/mol. The van der Waals surface area contributed by atoms with E-state index in [-0.39, 0.29) is 29.1 Å². The highest BCUT2D eigenvalue weighted by molar-refractivity contribution is 7.89. The number of nitro groups is 1. The molecule has 0 atom stereocenters. The average molecular weight is 315 g/mol. The molecule has 0 aliphatic heterocycles. The Morgan fingerprint density at radius 1 is 1.48 bits per heavy atom. The molecule has 0 bridgehead atoms. The predicted octanol–water partition coefficient (Wildman–Crippen LogP) is 0.568. The minimum absolute atomic E-state index is 0.0765. The first-order valence-electron chi connectivity index (χ1n) is 6.40. The number of nitro benzene ring substituents is 1. The number of aliphatic hydroxyl groups excluding tert-OH is 1. The van der Waals surface area contributed by atoms with Crippen molar-refractivity contribution in [3.8, 4) is 0 Å². The molecule has 1 saturated carbocycles. The molecule has 0 aromatic heterocycles. The standard InChI is InChI=1S/C12H17N3O5S/c1-14(7-8-4-10(16)5-8)21(19,20)12-3-2-9(13)6-11(12)15(17)18/h2-3,6,8,10,16H,4-5,7,13H2,1H3. The van der Waals surface area contributed by atoms with Crippen molar-refractivity contribution in [3.05, 3.63) is 28.3 Å². The number of nitrogens with zero attached hydrogens (tertiary/aromatic N) is 2. The number of aliphatic hydroxyl groups is 1. The summed E-state index contributed by atoms with van der Waals surface area (Å²) in [6.45, 7) is 0.223. The van der Waals surface area contributed by atoms with Gasteiger partial charge >= 0.3 is 0 Å². The second kappa shape index (κ2) is 5.58. The van der Waals surface area contributed by atoms with E-state index in [0.29, 0.717) is 12.8 Å². The van der Waals surface area contributed by atoms with Crippen LogP contribution in [0.25, 0.3) is 0 Å². The van der Waals surface area contributed by atoms with Crippen molar-refractivity contribution < 1.29 is 18.4 Å². The maximum Gasteiger partial charge on any atom is 0.291 e. The van der Waals surface area contributed by atoms with Crippen molar-refractivity contribution in [2.24, 2.45) is 5.92 Å². The Labute approximate surface area is 122 Å². The molecule has 1 aromatic rings. The highest BCUT2D eigenvalue weighted by atomic mass is 32.2. The average Bonchev–Trinajstić information content (AvgIpc) is 2.36. The van der Waals surface area contributed by atoms with Crippen LogP contribution in [0, 0.1) is 16.0 Å². The van der Waals surface area contributed by atoms with Gasteiger partial charge in [-0.2, -0.15) is 0 Å². The van der Waals surface area contributed by atoms with Gasteiger partial charge in [0.25, 0.3) is 5.69 Å². The van der Waals surface area contributed by atoms with Crippen LogP contribution in [0.5, 0.6) is 0 Å². The molecule has 2 rings (SSSR count). The highest BCUT2D eigenvalue weighted by Crippen LogP contribution is 2.32. The van der Waals surface area contributed by atoms with E-state index in [2.05, 4.69) is 0 Å². The van der Waals surface area contributed by atoms with Gasteiger partial charge in [-0.1, -0.05) is 0 Å². The molecule has 0 saturated heterocycles. The van der Waals surface area contributed by atoms with Gasteiger partial charge in [-0.15, -0.1) is 0 Å². The fourth-order valence-electron chi connectivity index (χ4n) is 2.37. The summed E-state index contributed by atoms with van der Waals surface area (Å²) >= 11 is 0. The Bertz CT molecular complexity index is 655. The molecule has 8 nitrogen and oxygen atoms in total. The lowest BCUT2D eigenvalue weighted by Gasteiger charge is -2.33. The van der Waals surface area contributed by atoms with E-state index in [0.717, 1.165) is 16.4 Å². The lowest BCUT2D eigenvalue weighted by molar-refractivity contribution is -0.387. The predicted molar refractivity (Wildman–Crippen MR) is 76.1 cm³/mol. The van der Waals surface area contributed by atoms with Crippen molar-refractivity contribution >= 4 is 21.4 Å². The molecule has 0 spiro atoms. The molecule has 116 valence electrons. The van der Waals surface area contributed by atoms with Crippen LogP contribution in [0.2, 0.25) is 0 Å². The number of sulfonamides is 1. The first-order valence-corrected chi connectivity index (χ1v) is 7.84. The van der Waals surface area contributed by atoms with Crippen LogP contribution in [0.4, 0.5) is 11.4 Å². The van der Waals surface area contributed by atoms with Crippen LogP contribution in [0.1, 0.15) is 12.8 Å². The number of hydrogen-bond donors (Lipinski definition) is 2. The summed E-state index contributed by atoms with van der Waals surface area (Å²) in [5.41, 5.74) is 5.07. The second-order valence-corrected chi connectivity index (χ2v) is 7.27. The van der Waals surface area contributed by atoms with Crippen molar-refractivity contribution in [2.75, 3.05) is 19.3 Å². The van der Waals surface area contributed by atoms with Crippen molar-refractivity contribution in [1.82, 2.24) is 4.31 Å². The Kier molecular flexibility index (Phi) is 4.17. The van der Waals surface area contributed by atoms with Crippen molar-refractivity contribution in [1.29, 1.82) is 0 Å². The molecule has 0 amide bonds. The molecule has 1 aliphatic rings. The zero-order valence-corrected chi connectivity index (χ0v) is 12.3. The summed E-state index contributed by atoms with van der Waals surface area (Å²) in [6, 6.07) is 3.50. The Balaban J connectivity index is 2.28. The third kappa shape index (κ3) is 3.14. The third-order valence-corrected chi connectivity index (χ3v) is 5.46. The SMILES string of the molecule is CN(CC1CC(O)C1)S(=O)(=O)c1ccc(N)cc1[N+](=O)[O-]. The summed E-state index contributed by atoms with van der Waals surface area (Å²) in [4.78, 5) is 9.88. The number of hydrogen-bond acceptors (Lipinski definition) is 6. The van der Waals surface area contributed by atoms with Gasteiger partial charge in [0.15, 0.2) is 4.90 Å². The van der Waals surface area contributed by atoms with Crippen LogP contribution in [-0.4, -0.2) is 42.4 Å². The van der Waals surface area contributed by atoms with Gasteiger partial charge < -0.3 is 10.8 Å². The van der Waals surface area contributed by atoms with E-state index in [1.165, 1.54) is 13.1 Å². The Morgan fingerprint density at radius 3 is 2.62 bits per heavy atom. The highest BCUT2D eigenvalue weighted by Gasteiger charge is 2.34. The summed E-state index contributed by atoms with van der Waals surface area (Å²) < 4.78 is 26.0. The number of anilines is 1. The molecule has 1 aromatic carbocycles. The molecule has 9 heteroatoms. The van der Waals surface area contributed by atoms with E-state index in [4.69, 9.17) is 5.73 Å².